The summed E-state index contributed by atoms with van der Waals surface area (Å²) < 4.78 is 9.93. The summed E-state index contributed by atoms with van der Waals surface area (Å²) in [7, 11) is 1.20. The molecule has 2 atom stereocenters. The van der Waals surface area contributed by atoms with Crippen molar-refractivity contribution in [3.8, 4) is 5.75 Å². The van der Waals surface area contributed by atoms with E-state index in [1.165, 1.54) is 24.1 Å². The van der Waals surface area contributed by atoms with Crippen molar-refractivity contribution in [3.05, 3.63) is 29.8 Å². The quantitative estimate of drug-likeness (QED) is 0.404. The Morgan fingerprint density at radius 3 is 2.31 bits per heavy atom. The number of hydrogen-bond donors (Lipinski definition) is 3. The summed E-state index contributed by atoms with van der Waals surface area (Å²) >= 11 is 0. The molecule has 0 fully saturated rings. The van der Waals surface area contributed by atoms with Gasteiger partial charge in [0.1, 0.15) is 30.0 Å². The SMILES string of the molecule is CCCN(C(=O)C(CC(C)C)NC(=O)OC(C)(C)C)C(C(=O)NCC(=O)OC)c1cccc(O)c1. The molecule has 196 valence electrons. The fourth-order valence-electron chi connectivity index (χ4n) is 3.45. The van der Waals surface area contributed by atoms with Crippen LogP contribution in [-0.2, 0) is 23.9 Å². The van der Waals surface area contributed by atoms with Gasteiger partial charge in [-0.25, -0.2) is 4.79 Å². The number of phenolic OH excluding ortho intramolecular Hbond substituents is 1. The van der Waals surface area contributed by atoms with Crippen LogP contribution in [0.25, 0.3) is 0 Å². The Labute approximate surface area is 207 Å². The van der Waals surface area contributed by atoms with Crippen molar-refractivity contribution in [1.29, 1.82) is 0 Å². The number of carbonyl (C=O) groups excluding carboxylic acids is 4. The molecule has 0 aromatic heterocycles. The minimum Gasteiger partial charge on any atom is -0.508 e. The largest absolute Gasteiger partial charge is 0.508 e. The van der Waals surface area contributed by atoms with Crippen molar-refractivity contribution < 1.29 is 33.8 Å². The lowest BCUT2D eigenvalue weighted by Gasteiger charge is -2.34. The number of ether oxygens (including phenoxy) is 2. The van der Waals surface area contributed by atoms with E-state index in [0.717, 1.165) is 0 Å². The third-order valence-electron chi connectivity index (χ3n) is 4.82. The molecule has 0 bridgehead atoms. The number of hydrogen-bond acceptors (Lipinski definition) is 7. The Bertz CT molecular complexity index is 880. The first kappa shape index (κ1) is 29.7. The zero-order valence-corrected chi connectivity index (χ0v) is 21.7. The highest BCUT2D eigenvalue weighted by molar-refractivity contribution is 5.93. The van der Waals surface area contributed by atoms with Crippen molar-refractivity contribution in [2.24, 2.45) is 5.92 Å². The molecule has 0 spiro atoms. The highest BCUT2D eigenvalue weighted by Gasteiger charge is 2.36. The Morgan fingerprint density at radius 2 is 1.80 bits per heavy atom. The number of phenols is 1. The van der Waals surface area contributed by atoms with E-state index in [2.05, 4.69) is 15.4 Å². The first-order valence-corrected chi connectivity index (χ1v) is 11.7. The molecular formula is C25H39N3O7. The van der Waals surface area contributed by atoms with Gasteiger partial charge in [0.2, 0.25) is 11.8 Å². The molecule has 10 nitrogen and oxygen atoms in total. The summed E-state index contributed by atoms with van der Waals surface area (Å²) in [5.74, 6) is -1.78. The van der Waals surface area contributed by atoms with E-state index in [4.69, 9.17) is 4.74 Å². The maximum Gasteiger partial charge on any atom is 0.408 e. The maximum atomic E-state index is 13.8. The maximum absolute atomic E-state index is 13.8. The van der Waals surface area contributed by atoms with Crippen LogP contribution in [0.3, 0.4) is 0 Å². The Balaban J connectivity index is 3.40. The second kappa shape index (κ2) is 13.6. The van der Waals surface area contributed by atoms with Gasteiger partial charge in [-0.2, -0.15) is 0 Å². The number of methoxy groups -OCH3 is 1. The Hall–Kier alpha value is -3.30. The van der Waals surface area contributed by atoms with Crippen molar-refractivity contribution in [1.82, 2.24) is 15.5 Å². The molecule has 0 heterocycles. The van der Waals surface area contributed by atoms with Gasteiger partial charge in [0, 0.05) is 6.54 Å². The highest BCUT2D eigenvalue weighted by Crippen LogP contribution is 2.26. The summed E-state index contributed by atoms with van der Waals surface area (Å²) in [6.07, 6.45) is 0.0954. The first-order chi connectivity index (χ1) is 16.3. The third kappa shape index (κ3) is 10.2. The summed E-state index contributed by atoms with van der Waals surface area (Å²) in [4.78, 5) is 52.5. The smallest absolute Gasteiger partial charge is 0.408 e. The summed E-state index contributed by atoms with van der Waals surface area (Å²) in [6, 6.07) is 3.89. The second-order valence-electron chi connectivity index (χ2n) is 9.65. The van der Waals surface area contributed by atoms with Crippen LogP contribution in [-0.4, -0.2) is 65.7 Å². The van der Waals surface area contributed by atoms with Crippen LogP contribution in [0.4, 0.5) is 4.79 Å². The Kier molecular flexibility index (Phi) is 11.5. The average Bonchev–Trinajstić information content (AvgIpc) is 2.74. The number of alkyl carbamates (subject to hydrolysis) is 1. The van der Waals surface area contributed by atoms with Crippen LogP contribution in [0, 0.1) is 5.92 Å². The molecule has 0 radical (unpaired) electrons. The summed E-state index contributed by atoms with van der Waals surface area (Å²) in [5.41, 5.74) is -0.397. The number of esters is 1. The minimum absolute atomic E-state index is 0.0507. The lowest BCUT2D eigenvalue weighted by Crippen LogP contribution is -2.53. The number of rotatable bonds is 11. The van der Waals surface area contributed by atoms with E-state index >= 15 is 0 Å². The van der Waals surface area contributed by atoms with Crippen molar-refractivity contribution in [3.63, 3.8) is 0 Å². The van der Waals surface area contributed by atoms with Crippen LogP contribution in [0.1, 0.15) is 66.0 Å². The van der Waals surface area contributed by atoms with E-state index in [9.17, 15) is 24.3 Å². The van der Waals surface area contributed by atoms with Gasteiger partial charge in [0.25, 0.3) is 0 Å². The fraction of sp³-hybridized carbons (Fsp3) is 0.600. The van der Waals surface area contributed by atoms with E-state index in [1.54, 1.807) is 32.9 Å². The number of aromatic hydroxyl groups is 1. The molecular weight excluding hydrogens is 454 g/mol. The minimum atomic E-state index is -1.16. The predicted molar refractivity (Wildman–Crippen MR) is 130 cm³/mol. The van der Waals surface area contributed by atoms with Crippen LogP contribution >= 0.6 is 0 Å². The van der Waals surface area contributed by atoms with Gasteiger partial charge >= 0.3 is 12.1 Å². The summed E-state index contributed by atoms with van der Waals surface area (Å²) in [5, 5.41) is 15.2. The number of amides is 3. The molecule has 0 saturated heterocycles. The molecule has 10 heteroatoms. The molecule has 0 saturated carbocycles. The van der Waals surface area contributed by atoms with Crippen LogP contribution in [0.15, 0.2) is 24.3 Å². The number of nitrogens with zero attached hydrogens (tertiary/aromatic N) is 1. The summed E-state index contributed by atoms with van der Waals surface area (Å²) in [6.45, 7) is 10.6. The third-order valence-corrected chi connectivity index (χ3v) is 4.82. The molecule has 3 amide bonds. The van der Waals surface area contributed by atoms with Crippen molar-refractivity contribution in [2.75, 3.05) is 20.2 Å². The lowest BCUT2D eigenvalue weighted by molar-refractivity contribution is -0.145. The van der Waals surface area contributed by atoms with Crippen LogP contribution in [0.5, 0.6) is 5.75 Å². The van der Waals surface area contributed by atoms with Crippen LogP contribution in [0.2, 0.25) is 0 Å². The van der Waals surface area contributed by atoms with Gasteiger partial charge in [-0.15, -0.1) is 0 Å². The molecule has 1 rings (SSSR count). The molecule has 0 aliphatic rings. The van der Waals surface area contributed by atoms with Gasteiger partial charge in [-0.1, -0.05) is 32.9 Å². The highest BCUT2D eigenvalue weighted by atomic mass is 16.6. The van der Waals surface area contributed by atoms with Crippen molar-refractivity contribution >= 4 is 23.9 Å². The normalized spacial score (nSPS) is 12.9. The van der Waals surface area contributed by atoms with Gasteiger partial charge in [0.05, 0.1) is 7.11 Å². The van der Waals surface area contributed by atoms with Gasteiger partial charge < -0.3 is 30.1 Å². The van der Waals surface area contributed by atoms with Gasteiger partial charge in [0.15, 0.2) is 0 Å². The topological polar surface area (TPSA) is 134 Å². The van der Waals surface area contributed by atoms with Crippen LogP contribution < -0.4 is 10.6 Å². The molecule has 1 aromatic carbocycles. The molecule has 3 N–H and O–H groups in total. The lowest BCUT2D eigenvalue weighted by atomic mass is 9.99. The zero-order valence-electron chi connectivity index (χ0n) is 21.7. The van der Waals surface area contributed by atoms with E-state index in [0.29, 0.717) is 18.4 Å². The first-order valence-electron chi connectivity index (χ1n) is 11.7. The fourth-order valence-corrected chi connectivity index (χ4v) is 3.45. The number of benzene rings is 1. The average molecular weight is 494 g/mol. The van der Waals surface area contributed by atoms with E-state index < -0.39 is 41.6 Å². The molecule has 0 aliphatic heterocycles. The Morgan fingerprint density at radius 1 is 1.14 bits per heavy atom. The number of nitrogens with one attached hydrogen (secondary N) is 2. The molecule has 1 aromatic rings. The molecule has 2 unspecified atom stereocenters. The monoisotopic (exact) mass is 493 g/mol. The van der Waals surface area contributed by atoms with E-state index in [-0.39, 0.29) is 24.8 Å². The van der Waals surface area contributed by atoms with Gasteiger partial charge in [-0.3, -0.25) is 14.4 Å². The van der Waals surface area contributed by atoms with Gasteiger partial charge in [-0.05, 0) is 57.2 Å². The molecule has 0 aliphatic carbocycles. The van der Waals surface area contributed by atoms with E-state index in [1.807, 2.05) is 20.8 Å². The predicted octanol–water partition coefficient (Wildman–Crippen LogP) is 2.90. The number of carbonyl (C=O) groups is 4. The second-order valence-corrected chi connectivity index (χ2v) is 9.65. The molecule has 35 heavy (non-hydrogen) atoms. The zero-order chi connectivity index (χ0) is 26.8. The standard InChI is InChI=1S/C25H39N3O7/c1-8-12-28(23(32)19(13-16(2)3)27-24(33)35-25(4,5)6)21(17-10-9-11-18(29)14-17)22(31)26-15-20(30)34-7/h9-11,14,16,19,21,29H,8,12-13,15H2,1-7H3,(H,26,31)(H,27,33). The van der Waals surface area contributed by atoms with Crippen molar-refractivity contribution in [2.45, 2.75) is 72.1 Å².